The molecule has 2 nitrogen and oxygen atoms in total. The Balaban J connectivity index is 1.43. The van der Waals surface area contributed by atoms with Crippen LogP contribution in [-0.2, 0) is 6.54 Å². The van der Waals surface area contributed by atoms with Crippen LogP contribution in [0.4, 0.5) is 0 Å². The molecular formula is C37H37N2+. The van der Waals surface area contributed by atoms with Crippen LogP contribution >= 0.6 is 0 Å². The normalized spacial score (nSPS) is 12.2. The molecule has 0 bridgehead atoms. The number of nitrogens with two attached hydrogens (primary N) is 1. The lowest BCUT2D eigenvalue weighted by molar-refractivity contribution is -0.697. The second-order valence-corrected chi connectivity index (χ2v) is 10.1. The Kier molecular flexibility index (Phi) is 9.12. The smallest absolute Gasteiger partial charge is 0.169 e. The van der Waals surface area contributed by atoms with Crippen LogP contribution in [0, 0.1) is 0 Å². The fraction of sp³-hybridized carbons (Fsp3) is 0.162. The van der Waals surface area contributed by atoms with Gasteiger partial charge in [0.05, 0.1) is 0 Å². The molecule has 4 aromatic carbocycles. The predicted octanol–water partition coefficient (Wildman–Crippen LogP) is 7.85. The first kappa shape index (κ1) is 26.3. The molecule has 1 heterocycles. The molecule has 0 aliphatic carbocycles. The molecule has 1 aromatic heterocycles. The highest BCUT2D eigenvalue weighted by atomic mass is 14.9. The summed E-state index contributed by atoms with van der Waals surface area (Å²) in [5.41, 5.74) is 13.3. The SMILES string of the molecule is NCCCC[n+]1ccc(/C=C/c2ccc(C(c3ccccc3)C(c3ccccc3)c3ccccc3)cc2)cc1. The number of rotatable bonds is 11. The van der Waals surface area contributed by atoms with Crippen LogP contribution in [0.25, 0.3) is 12.2 Å². The number of hydrogen-bond acceptors (Lipinski definition) is 1. The fourth-order valence-corrected chi connectivity index (χ4v) is 5.31. The summed E-state index contributed by atoms with van der Waals surface area (Å²) in [6.45, 7) is 1.77. The second kappa shape index (κ2) is 13.5. The van der Waals surface area contributed by atoms with E-state index >= 15 is 0 Å². The summed E-state index contributed by atoms with van der Waals surface area (Å²) < 4.78 is 2.22. The second-order valence-electron chi connectivity index (χ2n) is 10.1. The van der Waals surface area contributed by atoms with Gasteiger partial charge in [0.2, 0.25) is 0 Å². The van der Waals surface area contributed by atoms with Gasteiger partial charge in [-0.1, -0.05) is 127 Å². The number of pyridine rings is 1. The van der Waals surface area contributed by atoms with E-state index in [1.165, 1.54) is 33.4 Å². The highest BCUT2D eigenvalue weighted by molar-refractivity contribution is 5.69. The Morgan fingerprint density at radius 3 is 1.33 bits per heavy atom. The van der Waals surface area contributed by atoms with Crippen molar-refractivity contribution < 1.29 is 4.57 Å². The molecule has 0 fully saturated rings. The number of hydrogen-bond donors (Lipinski definition) is 1. The van der Waals surface area contributed by atoms with E-state index in [9.17, 15) is 0 Å². The minimum Gasteiger partial charge on any atom is -0.330 e. The Bertz CT molecular complexity index is 1390. The van der Waals surface area contributed by atoms with Crippen LogP contribution < -0.4 is 10.3 Å². The van der Waals surface area contributed by atoms with Crippen molar-refractivity contribution in [3.8, 4) is 0 Å². The first-order valence-electron chi connectivity index (χ1n) is 13.9. The quantitative estimate of drug-likeness (QED) is 0.143. The van der Waals surface area contributed by atoms with E-state index in [1.54, 1.807) is 0 Å². The van der Waals surface area contributed by atoms with Crippen LogP contribution in [-0.4, -0.2) is 6.54 Å². The Labute approximate surface area is 233 Å². The van der Waals surface area contributed by atoms with Crippen LogP contribution in [0.15, 0.2) is 140 Å². The van der Waals surface area contributed by atoms with Crippen molar-refractivity contribution in [2.24, 2.45) is 5.73 Å². The summed E-state index contributed by atoms with van der Waals surface area (Å²) in [6.07, 6.45) is 10.9. The third kappa shape index (κ3) is 6.98. The van der Waals surface area contributed by atoms with Gasteiger partial charge in [-0.3, -0.25) is 0 Å². The standard InChI is InChI=1S/C37H37N2/c38-26-10-11-27-39-28-24-31(25-29-39)19-18-30-20-22-35(23-21-30)37(34-16-8-3-9-17-34)36(32-12-4-1-5-13-32)33-14-6-2-7-15-33/h1-9,12-25,28-29,36-37H,10-11,26-27,38H2/q+1/b19-18+. The molecular weight excluding hydrogens is 472 g/mol. The number of unbranched alkanes of at least 4 members (excludes halogenated alkanes) is 1. The summed E-state index contributed by atoms with van der Waals surface area (Å²) in [7, 11) is 0. The molecule has 0 radical (unpaired) electrons. The molecule has 0 amide bonds. The predicted molar refractivity (Wildman–Crippen MR) is 163 cm³/mol. The molecule has 39 heavy (non-hydrogen) atoms. The number of aromatic nitrogens is 1. The maximum atomic E-state index is 5.62. The van der Waals surface area contributed by atoms with Gasteiger partial charge in [0.25, 0.3) is 0 Å². The average molecular weight is 510 g/mol. The lowest BCUT2D eigenvalue weighted by Crippen LogP contribution is -2.32. The molecule has 5 rings (SSSR count). The fourth-order valence-electron chi connectivity index (χ4n) is 5.31. The highest BCUT2D eigenvalue weighted by Crippen LogP contribution is 2.42. The van der Waals surface area contributed by atoms with Gasteiger partial charge in [-0.2, -0.15) is 0 Å². The van der Waals surface area contributed by atoms with Gasteiger partial charge in [0, 0.05) is 30.4 Å². The lowest BCUT2D eigenvalue weighted by atomic mass is 9.73. The average Bonchev–Trinajstić information content (AvgIpc) is 3.01. The third-order valence-corrected chi connectivity index (χ3v) is 7.36. The zero-order chi connectivity index (χ0) is 26.7. The molecule has 0 spiro atoms. The Morgan fingerprint density at radius 2 is 0.897 bits per heavy atom. The van der Waals surface area contributed by atoms with Gasteiger partial charge in [-0.05, 0) is 46.3 Å². The largest absolute Gasteiger partial charge is 0.330 e. The maximum absolute atomic E-state index is 5.62. The minimum atomic E-state index is 0.192. The Hall–Kier alpha value is -4.27. The number of aryl methyl sites for hydroxylation is 1. The summed E-state index contributed by atoms with van der Waals surface area (Å²) in [5, 5.41) is 0. The Morgan fingerprint density at radius 1 is 0.487 bits per heavy atom. The third-order valence-electron chi connectivity index (χ3n) is 7.36. The van der Waals surface area contributed by atoms with Crippen molar-refractivity contribution >= 4 is 12.2 Å². The zero-order valence-corrected chi connectivity index (χ0v) is 22.4. The van der Waals surface area contributed by atoms with E-state index < -0.39 is 0 Å². The van der Waals surface area contributed by atoms with E-state index in [0.717, 1.165) is 25.9 Å². The van der Waals surface area contributed by atoms with E-state index in [1.807, 2.05) is 0 Å². The topological polar surface area (TPSA) is 29.9 Å². The maximum Gasteiger partial charge on any atom is 0.169 e. The monoisotopic (exact) mass is 509 g/mol. The lowest BCUT2D eigenvalue weighted by Gasteiger charge is -2.29. The van der Waals surface area contributed by atoms with Gasteiger partial charge in [0.15, 0.2) is 12.4 Å². The molecule has 2 heteroatoms. The summed E-state index contributed by atoms with van der Waals surface area (Å²) in [5.74, 6) is 0.398. The zero-order valence-electron chi connectivity index (χ0n) is 22.4. The summed E-state index contributed by atoms with van der Waals surface area (Å²) in [6, 6.07) is 46.1. The summed E-state index contributed by atoms with van der Waals surface area (Å²) in [4.78, 5) is 0. The van der Waals surface area contributed by atoms with Crippen molar-refractivity contribution in [3.05, 3.63) is 173 Å². The van der Waals surface area contributed by atoms with Crippen molar-refractivity contribution in [2.75, 3.05) is 6.54 Å². The van der Waals surface area contributed by atoms with Crippen LogP contribution in [0.1, 0.15) is 58.1 Å². The molecule has 0 saturated heterocycles. The molecule has 194 valence electrons. The van der Waals surface area contributed by atoms with Crippen molar-refractivity contribution in [3.63, 3.8) is 0 Å². The van der Waals surface area contributed by atoms with Crippen molar-refractivity contribution in [1.82, 2.24) is 0 Å². The first-order chi connectivity index (χ1) is 19.3. The van der Waals surface area contributed by atoms with Gasteiger partial charge in [-0.25, -0.2) is 4.57 Å². The van der Waals surface area contributed by atoms with Crippen LogP contribution in [0.3, 0.4) is 0 Å². The van der Waals surface area contributed by atoms with E-state index in [0.29, 0.717) is 0 Å². The van der Waals surface area contributed by atoms with Crippen LogP contribution in [0.2, 0.25) is 0 Å². The van der Waals surface area contributed by atoms with Crippen LogP contribution in [0.5, 0.6) is 0 Å². The van der Waals surface area contributed by atoms with Gasteiger partial charge >= 0.3 is 0 Å². The van der Waals surface area contributed by atoms with Crippen molar-refractivity contribution in [2.45, 2.75) is 31.2 Å². The number of benzene rings is 4. The van der Waals surface area contributed by atoms with E-state index in [-0.39, 0.29) is 11.8 Å². The highest BCUT2D eigenvalue weighted by Gasteiger charge is 2.27. The molecule has 1 unspecified atom stereocenters. The molecule has 0 saturated carbocycles. The molecule has 2 N–H and O–H groups in total. The van der Waals surface area contributed by atoms with Crippen molar-refractivity contribution in [1.29, 1.82) is 0 Å². The molecule has 0 aliphatic heterocycles. The summed E-state index contributed by atoms with van der Waals surface area (Å²) >= 11 is 0. The molecule has 1 atom stereocenters. The molecule has 5 aromatic rings. The molecule has 0 aliphatic rings. The van der Waals surface area contributed by atoms with Gasteiger partial charge in [0.1, 0.15) is 6.54 Å². The minimum absolute atomic E-state index is 0.192. The number of nitrogens with zero attached hydrogens (tertiary/aromatic N) is 1. The van der Waals surface area contributed by atoms with Gasteiger partial charge in [-0.15, -0.1) is 0 Å². The van der Waals surface area contributed by atoms with E-state index in [4.69, 9.17) is 5.73 Å². The first-order valence-corrected chi connectivity index (χ1v) is 13.9. The van der Waals surface area contributed by atoms with Gasteiger partial charge < -0.3 is 5.73 Å². The van der Waals surface area contributed by atoms with E-state index in [2.05, 4.69) is 157 Å².